The zero-order chi connectivity index (χ0) is 13.9. The first-order valence-electron chi connectivity index (χ1n) is 6.39. The third-order valence-corrected chi connectivity index (χ3v) is 3.81. The molecule has 0 aliphatic carbocycles. The molecule has 0 atom stereocenters. The summed E-state index contributed by atoms with van der Waals surface area (Å²) in [7, 11) is 0. The molecule has 0 unspecified atom stereocenters. The molecule has 5 heteroatoms. The molecule has 0 N–H and O–H groups in total. The highest BCUT2D eigenvalue weighted by molar-refractivity contribution is 9.10. The summed E-state index contributed by atoms with van der Waals surface area (Å²) in [5.41, 5.74) is 0. The minimum absolute atomic E-state index is 0.268. The molecule has 0 aliphatic rings. The van der Waals surface area contributed by atoms with Gasteiger partial charge in [-0.1, -0.05) is 37.3 Å². The van der Waals surface area contributed by atoms with Crippen LogP contribution in [0.2, 0.25) is 0 Å². The second-order valence-corrected chi connectivity index (χ2v) is 5.12. The van der Waals surface area contributed by atoms with Crippen molar-refractivity contribution in [1.82, 2.24) is 10.2 Å². The number of nitrogens with zero attached hydrogens (tertiary/aromatic N) is 2. The zero-order valence-electron chi connectivity index (χ0n) is 11.0. The molecule has 0 amide bonds. The molecule has 0 bridgehead atoms. The summed E-state index contributed by atoms with van der Waals surface area (Å²) < 4.78 is 12.1. The molecule has 0 aliphatic heterocycles. The predicted molar refractivity (Wildman–Crippen MR) is 79.7 cm³/mol. The van der Waals surface area contributed by atoms with Crippen LogP contribution in [0.4, 0.5) is 0 Å². The summed E-state index contributed by atoms with van der Waals surface area (Å²) in [5.74, 6) is 1.88. The van der Waals surface area contributed by atoms with Gasteiger partial charge in [-0.25, -0.2) is 0 Å². The Labute approximate surface area is 124 Å². The summed E-state index contributed by atoms with van der Waals surface area (Å²) in [5, 5.41) is 10.1. The van der Waals surface area contributed by atoms with E-state index in [1.165, 1.54) is 0 Å². The van der Waals surface area contributed by atoms with Crippen LogP contribution in [0.1, 0.15) is 18.7 Å². The van der Waals surface area contributed by atoms with Gasteiger partial charge in [0.05, 0.1) is 4.47 Å². The van der Waals surface area contributed by atoms with E-state index in [2.05, 4.69) is 32.2 Å². The molecule has 0 saturated heterocycles. The topological polar surface area (TPSA) is 48.2 Å². The number of benzene rings is 2. The van der Waals surface area contributed by atoms with Gasteiger partial charge < -0.3 is 9.15 Å². The maximum atomic E-state index is 5.75. The zero-order valence-corrected chi connectivity index (χ0v) is 12.6. The minimum Gasteiger partial charge on any atom is -0.483 e. The Balaban J connectivity index is 1.82. The molecule has 0 radical (unpaired) electrons. The molecule has 3 rings (SSSR count). The molecule has 2 aromatic carbocycles. The lowest BCUT2D eigenvalue weighted by atomic mass is 10.1. The minimum atomic E-state index is 0.268. The molecule has 0 spiro atoms. The lowest BCUT2D eigenvalue weighted by molar-refractivity contribution is 0.258. The smallest absolute Gasteiger partial charge is 0.253 e. The average Bonchev–Trinajstić information content (AvgIpc) is 2.95. The normalized spacial score (nSPS) is 10.9. The van der Waals surface area contributed by atoms with Crippen molar-refractivity contribution in [3.8, 4) is 5.75 Å². The highest BCUT2D eigenvalue weighted by atomic mass is 79.9. The molecular weight excluding hydrogens is 320 g/mol. The van der Waals surface area contributed by atoms with Crippen LogP contribution in [-0.2, 0) is 13.0 Å². The average molecular weight is 333 g/mol. The Bertz CT molecular complexity index is 740. The number of fused-ring (bicyclic) bond motifs is 1. The van der Waals surface area contributed by atoms with Crippen LogP contribution >= 0.6 is 15.9 Å². The number of ether oxygens (including phenoxy) is 1. The Hall–Kier alpha value is -1.88. The van der Waals surface area contributed by atoms with Gasteiger partial charge in [0.25, 0.3) is 5.89 Å². The Morgan fingerprint density at radius 1 is 1.10 bits per heavy atom. The van der Waals surface area contributed by atoms with Crippen molar-refractivity contribution in [3.05, 3.63) is 52.7 Å². The lowest BCUT2D eigenvalue weighted by Crippen LogP contribution is -1.96. The van der Waals surface area contributed by atoms with E-state index >= 15 is 0 Å². The number of aryl methyl sites for hydroxylation is 1. The number of aromatic nitrogens is 2. The van der Waals surface area contributed by atoms with Crippen LogP contribution in [-0.4, -0.2) is 10.2 Å². The molecule has 0 fully saturated rings. The van der Waals surface area contributed by atoms with E-state index < -0.39 is 0 Å². The third-order valence-electron chi connectivity index (χ3n) is 2.99. The molecule has 1 aromatic heterocycles. The van der Waals surface area contributed by atoms with Gasteiger partial charge in [0.2, 0.25) is 5.89 Å². The van der Waals surface area contributed by atoms with Crippen molar-refractivity contribution in [3.63, 3.8) is 0 Å². The van der Waals surface area contributed by atoms with Crippen LogP contribution in [0.15, 0.2) is 45.3 Å². The van der Waals surface area contributed by atoms with Crippen molar-refractivity contribution >= 4 is 26.7 Å². The summed E-state index contributed by atoms with van der Waals surface area (Å²) in [4.78, 5) is 0. The Morgan fingerprint density at radius 2 is 1.90 bits per heavy atom. The Kier molecular flexibility index (Phi) is 3.69. The van der Waals surface area contributed by atoms with E-state index in [9.17, 15) is 0 Å². The maximum Gasteiger partial charge on any atom is 0.253 e. The second-order valence-electron chi connectivity index (χ2n) is 4.33. The van der Waals surface area contributed by atoms with Gasteiger partial charge in [-0.2, -0.15) is 0 Å². The molecule has 3 aromatic rings. The van der Waals surface area contributed by atoms with Crippen molar-refractivity contribution < 1.29 is 9.15 Å². The SMILES string of the molecule is CCc1nnc(COc2ccc3ccccc3c2Br)o1. The highest BCUT2D eigenvalue weighted by Crippen LogP contribution is 2.33. The van der Waals surface area contributed by atoms with E-state index in [-0.39, 0.29) is 6.61 Å². The number of rotatable bonds is 4. The largest absolute Gasteiger partial charge is 0.483 e. The van der Waals surface area contributed by atoms with Crippen LogP contribution in [0.5, 0.6) is 5.75 Å². The van der Waals surface area contributed by atoms with Crippen molar-refractivity contribution in [2.75, 3.05) is 0 Å². The van der Waals surface area contributed by atoms with Crippen molar-refractivity contribution in [2.24, 2.45) is 0 Å². The van der Waals surface area contributed by atoms with Crippen LogP contribution in [0.25, 0.3) is 10.8 Å². The number of hydrogen-bond donors (Lipinski definition) is 0. The number of halogens is 1. The first kappa shape index (κ1) is 13.1. The van der Waals surface area contributed by atoms with Gasteiger partial charge in [0.15, 0.2) is 6.61 Å². The number of hydrogen-bond acceptors (Lipinski definition) is 4. The molecule has 4 nitrogen and oxygen atoms in total. The summed E-state index contributed by atoms with van der Waals surface area (Å²) in [6, 6.07) is 12.1. The van der Waals surface area contributed by atoms with E-state index in [0.29, 0.717) is 11.8 Å². The molecular formula is C15H13BrN2O2. The van der Waals surface area contributed by atoms with Crippen molar-refractivity contribution in [1.29, 1.82) is 0 Å². The maximum absolute atomic E-state index is 5.75. The molecule has 0 saturated carbocycles. The first-order chi connectivity index (χ1) is 9.78. The molecule has 20 heavy (non-hydrogen) atoms. The van der Waals surface area contributed by atoms with Crippen LogP contribution in [0.3, 0.4) is 0 Å². The fourth-order valence-corrected chi connectivity index (χ4v) is 2.56. The monoisotopic (exact) mass is 332 g/mol. The second kappa shape index (κ2) is 5.63. The third kappa shape index (κ3) is 2.54. The van der Waals surface area contributed by atoms with Gasteiger partial charge in [-0.05, 0) is 32.8 Å². The van der Waals surface area contributed by atoms with Crippen LogP contribution in [0, 0.1) is 0 Å². The quantitative estimate of drug-likeness (QED) is 0.720. The van der Waals surface area contributed by atoms with Crippen LogP contribution < -0.4 is 4.74 Å². The highest BCUT2D eigenvalue weighted by Gasteiger charge is 2.09. The standard InChI is InChI=1S/C15H13BrN2O2/c1-2-13-17-18-14(20-13)9-19-12-8-7-10-5-3-4-6-11(10)15(12)16/h3-8H,2,9H2,1H3. The fraction of sp³-hybridized carbons (Fsp3) is 0.200. The molecule has 102 valence electrons. The van der Waals surface area contributed by atoms with Gasteiger partial charge in [-0.15, -0.1) is 10.2 Å². The van der Waals surface area contributed by atoms with E-state index in [1.54, 1.807) is 0 Å². The van der Waals surface area contributed by atoms with E-state index in [0.717, 1.165) is 27.4 Å². The first-order valence-corrected chi connectivity index (χ1v) is 7.18. The van der Waals surface area contributed by atoms with Crippen molar-refractivity contribution in [2.45, 2.75) is 20.0 Å². The van der Waals surface area contributed by atoms with Gasteiger partial charge in [-0.3, -0.25) is 0 Å². The summed E-state index contributed by atoms with van der Waals surface area (Å²) in [6.07, 6.45) is 0.729. The van der Waals surface area contributed by atoms with E-state index in [1.807, 2.05) is 37.3 Å². The van der Waals surface area contributed by atoms with Gasteiger partial charge in [0, 0.05) is 6.42 Å². The summed E-state index contributed by atoms with van der Waals surface area (Å²) in [6.45, 7) is 2.24. The van der Waals surface area contributed by atoms with Gasteiger partial charge in [0.1, 0.15) is 5.75 Å². The van der Waals surface area contributed by atoms with Gasteiger partial charge >= 0.3 is 0 Å². The summed E-state index contributed by atoms with van der Waals surface area (Å²) >= 11 is 3.58. The predicted octanol–water partition coefficient (Wildman–Crippen LogP) is 4.13. The Morgan fingerprint density at radius 3 is 2.70 bits per heavy atom. The van der Waals surface area contributed by atoms with E-state index in [4.69, 9.17) is 9.15 Å². The fourth-order valence-electron chi connectivity index (χ4n) is 1.95. The lowest BCUT2D eigenvalue weighted by Gasteiger charge is -2.08. The molecule has 1 heterocycles.